The van der Waals surface area contributed by atoms with E-state index in [-0.39, 0.29) is 30.2 Å². The molecular weight excluding hydrogens is 355 g/mol. The number of nitrogens with zero attached hydrogens (tertiary/aromatic N) is 2. The molecule has 28 heavy (non-hydrogen) atoms. The number of halogens is 1. The Kier molecular flexibility index (Phi) is 5.79. The van der Waals surface area contributed by atoms with Crippen LogP contribution in [0.3, 0.4) is 0 Å². The predicted octanol–water partition coefficient (Wildman–Crippen LogP) is 4.37. The monoisotopic (exact) mass is 384 g/mol. The van der Waals surface area contributed by atoms with E-state index >= 15 is 0 Å². The second kappa shape index (κ2) is 8.46. The van der Waals surface area contributed by atoms with Crippen molar-refractivity contribution in [1.82, 2.24) is 9.80 Å². The van der Waals surface area contributed by atoms with Crippen molar-refractivity contribution in [3.8, 4) is 0 Å². The van der Waals surface area contributed by atoms with Crippen molar-refractivity contribution in [2.24, 2.45) is 0 Å². The standard InChI is InChI=1S/C23H29FN2O2/c24-19-12-10-18(11-13-19)22-23(28)26(20-8-4-5-9-20)16-21(27)25(22)15-14-17-6-2-1-3-7-17/h6,10-13,20,22H,1-5,7-9,14-16H2/t22-/m1/s1. The summed E-state index contributed by atoms with van der Waals surface area (Å²) in [6, 6.07) is 5.59. The van der Waals surface area contributed by atoms with Crippen molar-refractivity contribution in [2.45, 2.75) is 69.9 Å². The van der Waals surface area contributed by atoms with Crippen molar-refractivity contribution in [2.75, 3.05) is 13.1 Å². The summed E-state index contributed by atoms with van der Waals surface area (Å²) in [5, 5.41) is 0. The van der Waals surface area contributed by atoms with Crippen LogP contribution in [0.2, 0.25) is 0 Å². The van der Waals surface area contributed by atoms with Gasteiger partial charge in [-0.1, -0.05) is 36.6 Å². The SMILES string of the molecule is O=C1[C@@H](c2ccc(F)cc2)N(CCC2=CCCCC2)C(=O)CN1C1CCCC1. The molecule has 1 aromatic carbocycles. The summed E-state index contributed by atoms with van der Waals surface area (Å²) in [4.78, 5) is 30.0. The molecule has 1 aliphatic heterocycles. The average Bonchev–Trinajstić information content (AvgIpc) is 3.24. The van der Waals surface area contributed by atoms with Crippen LogP contribution in [-0.2, 0) is 9.59 Å². The number of piperazine rings is 1. The molecule has 5 heteroatoms. The van der Waals surface area contributed by atoms with Gasteiger partial charge in [0.25, 0.3) is 5.91 Å². The molecule has 4 nitrogen and oxygen atoms in total. The Morgan fingerprint density at radius 1 is 1.00 bits per heavy atom. The van der Waals surface area contributed by atoms with E-state index in [0.717, 1.165) is 44.9 Å². The number of carbonyl (C=O) groups excluding carboxylic acids is 2. The van der Waals surface area contributed by atoms with E-state index in [1.165, 1.54) is 30.5 Å². The molecule has 0 N–H and O–H groups in total. The normalized spacial score (nSPS) is 24.0. The second-order valence-electron chi connectivity index (χ2n) is 8.30. The highest BCUT2D eigenvalue weighted by Crippen LogP contribution is 2.33. The summed E-state index contributed by atoms with van der Waals surface area (Å²) < 4.78 is 13.5. The lowest BCUT2D eigenvalue weighted by molar-refractivity contribution is -0.158. The molecule has 2 amide bonds. The van der Waals surface area contributed by atoms with Crippen molar-refractivity contribution in [3.05, 3.63) is 47.3 Å². The number of carbonyl (C=O) groups is 2. The van der Waals surface area contributed by atoms with Crippen LogP contribution in [0.4, 0.5) is 4.39 Å². The minimum atomic E-state index is -0.633. The lowest BCUT2D eigenvalue weighted by Gasteiger charge is -2.43. The fourth-order valence-electron chi connectivity index (χ4n) is 4.89. The Bertz CT molecular complexity index is 752. The van der Waals surface area contributed by atoms with Gasteiger partial charge in [-0.25, -0.2) is 4.39 Å². The van der Waals surface area contributed by atoms with Gasteiger partial charge in [-0.15, -0.1) is 0 Å². The predicted molar refractivity (Wildman–Crippen MR) is 106 cm³/mol. The number of allylic oxidation sites excluding steroid dienone is 1. The van der Waals surface area contributed by atoms with E-state index in [9.17, 15) is 14.0 Å². The molecule has 1 saturated carbocycles. The number of benzene rings is 1. The Morgan fingerprint density at radius 3 is 2.43 bits per heavy atom. The summed E-state index contributed by atoms with van der Waals surface area (Å²) in [5.41, 5.74) is 2.10. The van der Waals surface area contributed by atoms with Crippen LogP contribution in [0.1, 0.15) is 69.4 Å². The molecule has 0 spiro atoms. The molecule has 2 aliphatic carbocycles. The first kappa shape index (κ1) is 19.2. The van der Waals surface area contributed by atoms with Crippen LogP contribution in [0.5, 0.6) is 0 Å². The number of amides is 2. The fraction of sp³-hybridized carbons (Fsp3) is 0.565. The summed E-state index contributed by atoms with van der Waals surface area (Å²) in [6.07, 6.45) is 11.9. The first-order chi connectivity index (χ1) is 13.6. The molecule has 1 atom stereocenters. The number of rotatable bonds is 5. The van der Waals surface area contributed by atoms with Gasteiger partial charge in [0.15, 0.2) is 0 Å². The third-order valence-corrected chi connectivity index (χ3v) is 6.46. The molecule has 0 bridgehead atoms. The molecular formula is C23H29FN2O2. The zero-order chi connectivity index (χ0) is 19.5. The summed E-state index contributed by atoms with van der Waals surface area (Å²) in [5.74, 6) is -0.321. The summed E-state index contributed by atoms with van der Waals surface area (Å²) in [7, 11) is 0. The van der Waals surface area contributed by atoms with Crippen LogP contribution in [0.15, 0.2) is 35.9 Å². The molecule has 2 fully saturated rings. The quantitative estimate of drug-likeness (QED) is 0.707. The van der Waals surface area contributed by atoms with Crippen LogP contribution < -0.4 is 0 Å². The fourth-order valence-corrected chi connectivity index (χ4v) is 4.89. The molecule has 0 aromatic heterocycles. The zero-order valence-electron chi connectivity index (χ0n) is 16.4. The minimum Gasteiger partial charge on any atom is -0.328 e. The maximum Gasteiger partial charge on any atom is 0.250 e. The van der Waals surface area contributed by atoms with Gasteiger partial charge in [0.05, 0.1) is 0 Å². The van der Waals surface area contributed by atoms with E-state index in [1.54, 1.807) is 21.9 Å². The smallest absolute Gasteiger partial charge is 0.250 e. The van der Waals surface area contributed by atoms with Gasteiger partial charge in [-0.2, -0.15) is 0 Å². The van der Waals surface area contributed by atoms with Gasteiger partial charge in [-0.05, 0) is 62.6 Å². The first-order valence-corrected chi connectivity index (χ1v) is 10.7. The molecule has 0 unspecified atom stereocenters. The Labute approximate surface area is 166 Å². The molecule has 1 aromatic rings. The molecule has 1 heterocycles. The third-order valence-electron chi connectivity index (χ3n) is 6.46. The van der Waals surface area contributed by atoms with Gasteiger partial charge in [0.1, 0.15) is 18.4 Å². The maximum atomic E-state index is 13.5. The van der Waals surface area contributed by atoms with Crippen molar-refractivity contribution in [3.63, 3.8) is 0 Å². The van der Waals surface area contributed by atoms with E-state index in [1.807, 2.05) is 0 Å². The Morgan fingerprint density at radius 2 is 1.75 bits per heavy atom. The minimum absolute atomic E-state index is 0.00395. The highest BCUT2D eigenvalue weighted by molar-refractivity contribution is 5.95. The van der Waals surface area contributed by atoms with Gasteiger partial charge in [0, 0.05) is 12.6 Å². The lowest BCUT2D eigenvalue weighted by atomic mass is 9.95. The highest BCUT2D eigenvalue weighted by atomic mass is 19.1. The molecule has 150 valence electrons. The van der Waals surface area contributed by atoms with Gasteiger partial charge >= 0.3 is 0 Å². The van der Waals surface area contributed by atoms with Gasteiger partial charge in [0.2, 0.25) is 5.91 Å². The van der Waals surface area contributed by atoms with Gasteiger partial charge in [-0.3, -0.25) is 9.59 Å². The third kappa shape index (κ3) is 3.98. The van der Waals surface area contributed by atoms with Crippen LogP contribution in [0.25, 0.3) is 0 Å². The topological polar surface area (TPSA) is 40.6 Å². The highest BCUT2D eigenvalue weighted by Gasteiger charge is 2.43. The molecule has 1 saturated heterocycles. The zero-order valence-corrected chi connectivity index (χ0v) is 16.4. The van der Waals surface area contributed by atoms with Crippen molar-refractivity contribution in [1.29, 1.82) is 0 Å². The van der Waals surface area contributed by atoms with E-state index in [4.69, 9.17) is 0 Å². The van der Waals surface area contributed by atoms with E-state index < -0.39 is 6.04 Å². The molecule has 3 aliphatic rings. The average molecular weight is 384 g/mol. The van der Waals surface area contributed by atoms with Crippen molar-refractivity contribution >= 4 is 11.8 Å². The maximum absolute atomic E-state index is 13.5. The van der Waals surface area contributed by atoms with Crippen LogP contribution in [-0.4, -0.2) is 40.7 Å². The molecule has 0 radical (unpaired) electrons. The summed E-state index contributed by atoms with van der Waals surface area (Å²) in [6.45, 7) is 0.733. The van der Waals surface area contributed by atoms with E-state index in [0.29, 0.717) is 12.1 Å². The van der Waals surface area contributed by atoms with E-state index in [2.05, 4.69) is 6.08 Å². The van der Waals surface area contributed by atoms with Crippen LogP contribution >= 0.6 is 0 Å². The molecule has 4 rings (SSSR count). The lowest BCUT2D eigenvalue weighted by Crippen LogP contribution is -2.58. The summed E-state index contributed by atoms with van der Waals surface area (Å²) >= 11 is 0. The number of hydrogen-bond donors (Lipinski definition) is 0. The first-order valence-electron chi connectivity index (χ1n) is 10.7. The Balaban J connectivity index is 1.58. The van der Waals surface area contributed by atoms with Crippen molar-refractivity contribution < 1.29 is 14.0 Å². The van der Waals surface area contributed by atoms with Crippen LogP contribution in [0, 0.1) is 5.82 Å². The van der Waals surface area contributed by atoms with Gasteiger partial charge < -0.3 is 9.80 Å². The largest absolute Gasteiger partial charge is 0.328 e. The number of hydrogen-bond acceptors (Lipinski definition) is 2. The second-order valence-corrected chi connectivity index (χ2v) is 8.30. The Hall–Kier alpha value is -2.17.